The fraction of sp³-hybridized carbons (Fsp3) is 0.379. The number of fused-ring (bicyclic) bond motifs is 1. The Morgan fingerprint density at radius 1 is 0.974 bits per heavy atom. The van der Waals surface area contributed by atoms with Gasteiger partial charge in [-0.05, 0) is 54.3 Å². The van der Waals surface area contributed by atoms with Crippen LogP contribution in [0.5, 0.6) is 0 Å². The van der Waals surface area contributed by atoms with E-state index in [1.807, 2.05) is 31.2 Å². The maximum Gasteiger partial charge on any atom is 0.243 e. The summed E-state index contributed by atoms with van der Waals surface area (Å²) >= 11 is 12.8. The molecule has 1 aliphatic carbocycles. The molecule has 4 rings (SSSR count). The zero-order valence-electron chi connectivity index (χ0n) is 22.1. The molecular formula is C29H33Cl2N3O4S. The summed E-state index contributed by atoms with van der Waals surface area (Å²) in [6.07, 6.45) is 4.25. The standard InChI is InChI=1S/C29H33Cl2N3O4S/c1-3-27(29(36)32-22-11-6-7-12-22)34(18-24-25(30)13-8-14-26(24)31)28(35)19-33(2)39(37,38)23-16-15-20-9-4-5-10-21(20)17-23/h4-5,8-10,13-17,22,27H,3,6-7,11-12,18-19H2,1-2H3,(H,32,36)/t27-/m0/s1. The van der Waals surface area contributed by atoms with Gasteiger partial charge in [0, 0.05) is 35.2 Å². The molecule has 0 aliphatic heterocycles. The molecule has 1 fully saturated rings. The average molecular weight is 591 g/mol. The van der Waals surface area contributed by atoms with Gasteiger partial charge in [0.05, 0.1) is 11.4 Å². The summed E-state index contributed by atoms with van der Waals surface area (Å²) in [4.78, 5) is 28.6. The van der Waals surface area contributed by atoms with Crippen LogP contribution in [0.3, 0.4) is 0 Å². The number of amides is 2. The van der Waals surface area contributed by atoms with Crippen LogP contribution in [0.15, 0.2) is 65.6 Å². The van der Waals surface area contributed by atoms with Gasteiger partial charge in [0.1, 0.15) is 6.04 Å². The lowest BCUT2D eigenvalue weighted by molar-refractivity contribution is -0.141. The van der Waals surface area contributed by atoms with Crippen molar-refractivity contribution in [3.63, 3.8) is 0 Å². The first-order valence-corrected chi connectivity index (χ1v) is 15.3. The summed E-state index contributed by atoms with van der Waals surface area (Å²) in [5, 5.41) is 5.50. The Kier molecular flexibility index (Phi) is 9.54. The Hall–Kier alpha value is -2.65. The highest BCUT2D eigenvalue weighted by Crippen LogP contribution is 2.28. The Morgan fingerprint density at radius 2 is 1.62 bits per heavy atom. The summed E-state index contributed by atoms with van der Waals surface area (Å²) in [5.41, 5.74) is 0.501. The minimum atomic E-state index is -3.99. The first-order chi connectivity index (χ1) is 18.6. The van der Waals surface area contributed by atoms with E-state index < -0.39 is 28.5 Å². The van der Waals surface area contributed by atoms with Crippen LogP contribution in [0.4, 0.5) is 0 Å². The van der Waals surface area contributed by atoms with Crippen LogP contribution in [0.1, 0.15) is 44.6 Å². The molecule has 10 heteroatoms. The van der Waals surface area contributed by atoms with Crippen LogP contribution < -0.4 is 5.32 Å². The number of halogens is 2. The molecule has 3 aromatic rings. The van der Waals surface area contributed by atoms with E-state index in [0.29, 0.717) is 22.0 Å². The lowest BCUT2D eigenvalue weighted by atomic mass is 10.1. The summed E-state index contributed by atoms with van der Waals surface area (Å²) in [7, 11) is -2.62. The number of hydrogen-bond acceptors (Lipinski definition) is 4. The second kappa shape index (κ2) is 12.7. The van der Waals surface area contributed by atoms with Crippen molar-refractivity contribution >= 4 is 55.8 Å². The SMILES string of the molecule is CC[C@@H](C(=O)NC1CCCC1)N(Cc1c(Cl)cccc1Cl)C(=O)CN(C)S(=O)(=O)c1ccc2ccccc2c1. The van der Waals surface area contributed by atoms with Gasteiger partial charge in [0.25, 0.3) is 0 Å². The molecule has 0 unspecified atom stereocenters. The van der Waals surface area contributed by atoms with E-state index in [-0.39, 0.29) is 23.4 Å². The lowest BCUT2D eigenvalue weighted by Gasteiger charge is -2.33. The predicted octanol–water partition coefficient (Wildman–Crippen LogP) is 5.63. The minimum absolute atomic E-state index is 0.0300. The number of rotatable bonds is 10. The number of likely N-dealkylation sites (N-methyl/N-ethyl adjacent to an activating group) is 1. The molecule has 0 bridgehead atoms. The van der Waals surface area contributed by atoms with Crippen molar-refractivity contribution in [1.82, 2.24) is 14.5 Å². The number of nitrogens with one attached hydrogen (secondary N) is 1. The molecular weight excluding hydrogens is 557 g/mol. The summed E-state index contributed by atoms with van der Waals surface area (Å²) < 4.78 is 27.9. The van der Waals surface area contributed by atoms with E-state index in [1.165, 1.54) is 18.0 Å². The van der Waals surface area contributed by atoms with E-state index >= 15 is 0 Å². The summed E-state index contributed by atoms with van der Waals surface area (Å²) in [6.45, 7) is 1.34. The van der Waals surface area contributed by atoms with Crippen molar-refractivity contribution in [2.24, 2.45) is 0 Å². The summed E-state index contributed by atoms with van der Waals surface area (Å²) in [6, 6.07) is 16.6. The molecule has 1 N–H and O–H groups in total. The van der Waals surface area contributed by atoms with Gasteiger partial charge in [-0.2, -0.15) is 4.31 Å². The van der Waals surface area contributed by atoms with E-state index in [4.69, 9.17) is 23.2 Å². The normalized spacial score (nSPS) is 15.0. The number of carbonyl (C=O) groups excluding carboxylic acids is 2. The number of nitrogens with zero attached hydrogens (tertiary/aromatic N) is 2. The Balaban J connectivity index is 1.61. The average Bonchev–Trinajstić information content (AvgIpc) is 3.42. The Labute approximate surface area is 240 Å². The molecule has 1 saturated carbocycles. The number of carbonyl (C=O) groups is 2. The van der Waals surface area contributed by atoms with Gasteiger partial charge in [-0.1, -0.05) is 79.4 Å². The fourth-order valence-electron chi connectivity index (χ4n) is 5.01. The van der Waals surface area contributed by atoms with Crippen molar-refractivity contribution in [2.75, 3.05) is 13.6 Å². The molecule has 208 valence electrons. The van der Waals surface area contributed by atoms with Gasteiger partial charge in [-0.15, -0.1) is 0 Å². The molecule has 0 heterocycles. The van der Waals surface area contributed by atoms with E-state index in [9.17, 15) is 18.0 Å². The third kappa shape index (κ3) is 6.74. The maximum absolute atomic E-state index is 13.8. The molecule has 39 heavy (non-hydrogen) atoms. The van der Waals surface area contributed by atoms with Gasteiger partial charge >= 0.3 is 0 Å². The highest BCUT2D eigenvalue weighted by atomic mass is 35.5. The number of benzene rings is 3. The van der Waals surface area contributed by atoms with E-state index in [0.717, 1.165) is 40.8 Å². The van der Waals surface area contributed by atoms with Crippen molar-refractivity contribution in [3.05, 3.63) is 76.3 Å². The number of sulfonamides is 1. The smallest absolute Gasteiger partial charge is 0.243 e. The topological polar surface area (TPSA) is 86.8 Å². The lowest BCUT2D eigenvalue weighted by Crippen LogP contribution is -2.53. The predicted molar refractivity (Wildman–Crippen MR) is 155 cm³/mol. The second-order valence-electron chi connectivity index (χ2n) is 9.91. The highest BCUT2D eigenvalue weighted by Gasteiger charge is 2.33. The minimum Gasteiger partial charge on any atom is -0.352 e. The van der Waals surface area contributed by atoms with Crippen LogP contribution in [0, 0.1) is 0 Å². The Morgan fingerprint density at radius 3 is 2.26 bits per heavy atom. The van der Waals surface area contributed by atoms with Crippen molar-refractivity contribution in [2.45, 2.75) is 62.6 Å². The van der Waals surface area contributed by atoms with Gasteiger partial charge in [0.15, 0.2) is 0 Å². The number of hydrogen-bond donors (Lipinski definition) is 1. The molecule has 0 radical (unpaired) electrons. The zero-order valence-corrected chi connectivity index (χ0v) is 24.4. The quantitative estimate of drug-likeness (QED) is 0.332. The third-order valence-corrected chi connectivity index (χ3v) is 9.77. The van der Waals surface area contributed by atoms with E-state index in [1.54, 1.807) is 30.3 Å². The molecule has 7 nitrogen and oxygen atoms in total. The molecule has 0 saturated heterocycles. The van der Waals surface area contributed by atoms with Crippen LogP contribution in [-0.2, 0) is 26.2 Å². The molecule has 1 atom stereocenters. The zero-order chi connectivity index (χ0) is 28.2. The molecule has 0 spiro atoms. The van der Waals surface area contributed by atoms with Crippen LogP contribution in [0.25, 0.3) is 10.8 Å². The van der Waals surface area contributed by atoms with Crippen LogP contribution in [0.2, 0.25) is 10.0 Å². The summed E-state index contributed by atoms with van der Waals surface area (Å²) in [5.74, 6) is -0.785. The van der Waals surface area contributed by atoms with Crippen molar-refractivity contribution in [1.29, 1.82) is 0 Å². The first kappa shape index (κ1) is 29.3. The van der Waals surface area contributed by atoms with Gasteiger partial charge in [-0.25, -0.2) is 8.42 Å². The van der Waals surface area contributed by atoms with Crippen LogP contribution in [-0.4, -0.2) is 55.1 Å². The highest BCUT2D eigenvalue weighted by molar-refractivity contribution is 7.89. The second-order valence-corrected chi connectivity index (χ2v) is 12.8. The first-order valence-electron chi connectivity index (χ1n) is 13.1. The van der Waals surface area contributed by atoms with Gasteiger partial charge in [-0.3, -0.25) is 9.59 Å². The van der Waals surface area contributed by atoms with Gasteiger partial charge in [0.2, 0.25) is 21.8 Å². The molecule has 3 aromatic carbocycles. The molecule has 1 aliphatic rings. The van der Waals surface area contributed by atoms with Crippen LogP contribution >= 0.6 is 23.2 Å². The molecule has 2 amide bonds. The molecule has 0 aromatic heterocycles. The van der Waals surface area contributed by atoms with Crippen molar-refractivity contribution < 1.29 is 18.0 Å². The van der Waals surface area contributed by atoms with Gasteiger partial charge < -0.3 is 10.2 Å². The van der Waals surface area contributed by atoms with E-state index in [2.05, 4.69) is 5.32 Å². The maximum atomic E-state index is 13.8. The third-order valence-electron chi connectivity index (χ3n) is 7.26. The monoisotopic (exact) mass is 589 g/mol. The fourth-order valence-corrected chi connectivity index (χ4v) is 6.69. The Bertz CT molecular complexity index is 1440. The van der Waals surface area contributed by atoms with Crippen molar-refractivity contribution in [3.8, 4) is 0 Å². The largest absolute Gasteiger partial charge is 0.352 e.